The van der Waals surface area contributed by atoms with Crippen LogP contribution in [0.25, 0.3) is 0 Å². The number of nitrogens with zero attached hydrogens (tertiary/aromatic N) is 3. The molecular weight excluding hydrogens is 210 g/mol. The zero-order valence-electron chi connectivity index (χ0n) is 12.2. The predicted octanol–water partition coefficient (Wildman–Crippen LogP) is 2.40. The lowest BCUT2D eigenvalue weighted by Gasteiger charge is -2.42. The lowest BCUT2D eigenvalue weighted by atomic mass is 10.1. The fourth-order valence-corrected chi connectivity index (χ4v) is 2.19. The van der Waals surface area contributed by atoms with Crippen LogP contribution in [0.3, 0.4) is 0 Å². The van der Waals surface area contributed by atoms with E-state index in [1.54, 1.807) is 0 Å². The molecule has 0 aromatic rings. The van der Waals surface area contributed by atoms with Gasteiger partial charge in [-0.3, -0.25) is 9.89 Å². The molecule has 1 aliphatic heterocycles. The van der Waals surface area contributed by atoms with Crippen molar-refractivity contribution in [1.82, 2.24) is 9.80 Å². The molecule has 1 saturated heterocycles. The first kappa shape index (κ1) is 14.4. The second kappa shape index (κ2) is 6.31. The molecule has 0 radical (unpaired) electrons. The van der Waals surface area contributed by atoms with E-state index < -0.39 is 0 Å². The third-order valence-corrected chi connectivity index (χ3v) is 3.42. The molecule has 1 aliphatic rings. The Morgan fingerprint density at radius 3 is 2.41 bits per heavy atom. The van der Waals surface area contributed by atoms with Crippen LogP contribution in [0.4, 0.5) is 0 Å². The van der Waals surface area contributed by atoms with Gasteiger partial charge in [0.25, 0.3) is 0 Å². The van der Waals surface area contributed by atoms with Crippen molar-refractivity contribution in [2.75, 3.05) is 26.7 Å². The fraction of sp³-hybridized carbons (Fsp3) is 0.786. The molecule has 0 amide bonds. The van der Waals surface area contributed by atoms with Gasteiger partial charge in [-0.15, -0.1) is 0 Å². The van der Waals surface area contributed by atoms with E-state index in [-0.39, 0.29) is 0 Å². The first-order chi connectivity index (χ1) is 7.90. The van der Waals surface area contributed by atoms with Crippen molar-refractivity contribution >= 4 is 5.71 Å². The minimum Gasteiger partial charge on any atom is -0.301 e. The van der Waals surface area contributed by atoms with E-state index >= 15 is 0 Å². The normalized spacial score (nSPS) is 28.2. The van der Waals surface area contributed by atoms with Gasteiger partial charge >= 0.3 is 0 Å². The number of hydrogen-bond acceptors (Lipinski definition) is 3. The summed E-state index contributed by atoms with van der Waals surface area (Å²) in [4.78, 5) is 9.36. The maximum atomic E-state index is 4.37. The summed E-state index contributed by atoms with van der Waals surface area (Å²) in [6.45, 7) is 14.2. The van der Waals surface area contributed by atoms with Gasteiger partial charge in [0.2, 0.25) is 0 Å². The molecule has 2 atom stereocenters. The highest BCUT2D eigenvalue weighted by atomic mass is 15.3. The first-order valence-electron chi connectivity index (χ1n) is 6.51. The molecule has 0 bridgehead atoms. The van der Waals surface area contributed by atoms with Crippen LogP contribution in [0.1, 0.15) is 34.6 Å². The van der Waals surface area contributed by atoms with Gasteiger partial charge in [-0.2, -0.15) is 0 Å². The van der Waals surface area contributed by atoms with Crippen molar-refractivity contribution in [2.24, 2.45) is 4.99 Å². The SMILES string of the molecule is CC(C)=N/C=C(\C)CN1C[C@@H](C)N(C)CC1C. The van der Waals surface area contributed by atoms with E-state index in [2.05, 4.69) is 42.6 Å². The average molecular weight is 237 g/mol. The Hall–Kier alpha value is -0.670. The van der Waals surface area contributed by atoms with Gasteiger partial charge in [0.05, 0.1) is 0 Å². The number of piperazine rings is 1. The highest BCUT2D eigenvalue weighted by molar-refractivity contribution is 5.79. The molecule has 98 valence electrons. The summed E-state index contributed by atoms with van der Waals surface area (Å²) in [5, 5.41) is 0. The zero-order chi connectivity index (χ0) is 13.0. The van der Waals surface area contributed by atoms with Crippen molar-refractivity contribution in [3.63, 3.8) is 0 Å². The standard InChI is InChI=1S/C14H27N3/c1-11(2)15-7-12(3)8-17-10-13(4)16(6)9-14(17)5/h7,13-14H,8-10H2,1-6H3/b12-7+/t13-,14?/m1/s1. The zero-order valence-corrected chi connectivity index (χ0v) is 12.2. The van der Waals surface area contributed by atoms with Crippen LogP contribution in [0.2, 0.25) is 0 Å². The molecule has 0 spiro atoms. The second-order valence-electron chi connectivity index (χ2n) is 5.62. The van der Waals surface area contributed by atoms with Crippen LogP contribution in [0, 0.1) is 0 Å². The molecule has 1 heterocycles. The molecule has 17 heavy (non-hydrogen) atoms. The summed E-state index contributed by atoms with van der Waals surface area (Å²) in [6.07, 6.45) is 2.00. The molecule has 3 heteroatoms. The lowest BCUT2D eigenvalue weighted by Crippen LogP contribution is -2.55. The minimum atomic E-state index is 0.631. The molecule has 1 rings (SSSR count). The van der Waals surface area contributed by atoms with Gasteiger partial charge in [0.15, 0.2) is 0 Å². The van der Waals surface area contributed by atoms with E-state index in [1.807, 2.05) is 20.0 Å². The largest absolute Gasteiger partial charge is 0.301 e. The average Bonchev–Trinajstić information content (AvgIpc) is 2.23. The Morgan fingerprint density at radius 2 is 1.82 bits per heavy atom. The van der Waals surface area contributed by atoms with Gasteiger partial charge < -0.3 is 4.90 Å². The number of aliphatic imine (C=N–C) groups is 1. The van der Waals surface area contributed by atoms with Crippen molar-refractivity contribution in [3.05, 3.63) is 11.8 Å². The van der Waals surface area contributed by atoms with E-state index in [0.29, 0.717) is 12.1 Å². The van der Waals surface area contributed by atoms with Gasteiger partial charge in [-0.05, 0) is 47.2 Å². The van der Waals surface area contributed by atoms with Crippen LogP contribution in [0.5, 0.6) is 0 Å². The van der Waals surface area contributed by atoms with Gasteiger partial charge in [-0.25, -0.2) is 0 Å². The van der Waals surface area contributed by atoms with Crippen LogP contribution in [-0.2, 0) is 0 Å². The van der Waals surface area contributed by atoms with Crippen molar-refractivity contribution < 1.29 is 0 Å². The number of likely N-dealkylation sites (N-methyl/N-ethyl adjacent to an activating group) is 1. The van der Waals surface area contributed by atoms with E-state index in [0.717, 1.165) is 25.3 Å². The number of hydrogen-bond donors (Lipinski definition) is 0. The highest BCUT2D eigenvalue weighted by Gasteiger charge is 2.26. The smallest absolute Gasteiger partial charge is 0.0269 e. The monoisotopic (exact) mass is 237 g/mol. The summed E-state index contributed by atoms with van der Waals surface area (Å²) < 4.78 is 0. The Morgan fingerprint density at radius 1 is 1.18 bits per heavy atom. The lowest BCUT2D eigenvalue weighted by molar-refractivity contribution is 0.0672. The minimum absolute atomic E-state index is 0.631. The summed E-state index contributed by atoms with van der Waals surface area (Å²) >= 11 is 0. The molecule has 3 nitrogen and oxygen atoms in total. The van der Waals surface area contributed by atoms with Crippen LogP contribution >= 0.6 is 0 Å². The summed E-state index contributed by atoms with van der Waals surface area (Å²) in [6, 6.07) is 1.28. The molecule has 0 aromatic heterocycles. The summed E-state index contributed by atoms with van der Waals surface area (Å²) in [7, 11) is 2.21. The van der Waals surface area contributed by atoms with Crippen LogP contribution < -0.4 is 0 Å². The third-order valence-electron chi connectivity index (χ3n) is 3.42. The Kier molecular flexibility index (Phi) is 5.34. The quantitative estimate of drug-likeness (QED) is 0.702. The van der Waals surface area contributed by atoms with Crippen LogP contribution in [0.15, 0.2) is 16.8 Å². The molecule has 0 aliphatic carbocycles. The first-order valence-corrected chi connectivity index (χ1v) is 6.51. The Labute approximate surface area is 106 Å². The van der Waals surface area contributed by atoms with E-state index in [9.17, 15) is 0 Å². The Balaban J connectivity index is 2.56. The Bertz CT molecular complexity index is 303. The summed E-state index contributed by atoms with van der Waals surface area (Å²) in [5.74, 6) is 0. The summed E-state index contributed by atoms with van der Waals surface area (Å²) in [5.41, 5.74) is 2.46. The van der Waals surface area contributed by atoms with Crippen molar-refractivity contribution in [3.8, 4) is 0 Å². The molecule has 0 aromatic carbocycles. The van der Waals surface area contributed by atoms with Gasteiger partial charge in [-0.1, -0.05) is 0 Å². The molecule has 0 saturated carbocycles. The van der Waals surface area contributed by atoms with Crippen molar-refractivity contribution in [2.45, 2.75) is 46.7 Å². The van der Waals surface area contributed by atoms with Crippen molar-refractivity contribution in [1.29, 1.82) is 0 Å². The maximum absolute atomic E-state index is 4.37. The number of rotatable bonds is 3. The molecule has 1 unspecified atom stereocenters. The molecule has 1 fully saturated rings. The van der Waals surface area contributed by atoms with Gasteiger partial charge in [0, 0.05) is 43.6 Å². The molecule has 0 N–H and O–H groups in total. The maximum Gasteiger partial charge on any atom is 0.0269 e. The van der Waals surface area contributed by atoms with E-state index in [1.165, 1.54) is 5.57 Å². The van der Waals surface area contributed by atoms with Crippen LogP contribution in [-0.4, -0.2) is 54.3 Å². The third kappa shape index (κ3) is 4.60. The topological polar surface area (TPSA) is 18.8 Å². The fourth-order valence-electron chi connectivity index (χ4n) is 2.19. The predicted molar refractivity (Wildman–Crippen MR) is 75.7 cm³/mol. The molecular formula is C14H27N3. The highest BCUT2D eigenvalue weighted by Crippen LogP contribution is 2.14. The van der Waals surface area contributed by atoms with E-state index in [4.69, 9.17) is 0 Å². The van der Waals surface area contributed by atoms with Gasteiger partial charge in [0.1, 0.15) is 0 Å². The second-order valence-corrected chi connectivity index (χ2v) is 5.62.